The van der Waals surface area contributed by atoms with E-state index in [0.717, 1.165) is 23.4 Å². The Bertz CT molecular complexity index is 605. The lowest BCUT2D eigenvalue weighted by molar-refractivity contribution is 0.00874. The van der Waals surface area contributed by atoms with Crippen molar-refractivity contribution in [3.8, 4) is 10.6 Å². The molecule has 118 valence electrons. The van der Waals surface area contributed by atoms with Crippen molar-refractivity contribution in [2.75, 3.05) is 19.8 Å². The molecule has 0 aromatic carbocycles. The van der Waals surface area contributed by atoms with Crippen LogP contribution in [-0.2, 0) is 4.74 Å². The number of carbonyl (C=O) groups is 1. The van der Waals surface area contributed by atoms with Crippen LogP contribution in [0.3, 0.4) is 0 Å². The van der Waals surface area contributed by atoms with Crippen LogP contribution in [0.1, 0.15) is 22.5 Å². The average molecular weight is 321 g/mol. The topological polar surface area (TPSA) is 87.2 Å². The van der Waals surface area contributed by atoms with Crippen molar-refractivity contribution in [2.24, 2.45) is 5.92 Å². The number of aromatic amines is 1. The second-order valence-corrected chi connectivity index (χ2v) is 6.45. The number of ether oxygens (including phenoxy) is 1. The van der Waals surface area contributed by atoms with E-state index in [9.17, 15) is 9.90 Å². The zero-order valence-corrected chi connectivity index (χ0v) is 12.9. The first kappa shape index (κ1) is 15.2. The predicted octanol–water partition coefficient (Wildman–Crippen LogP) is 1.66. The molecule has 1 fully saturated rings. The van der Waals surface area contributed by atoms with E-state index < -0.39 is 6.10 Å². The molecule has 2 aromatic rings. The molecule has 7 heteroatoms. The van der Waals surface area contributed by atoms with Crippen LogP contribution in [0.2, 0.25) is 0 Å². The third-order valence-electron chi connectivity index (χ3n) is 3.88. The first-order chi connectivity index (χ1) is 10.7. The van der Waals surface area contributed by atoms with Gasteiger partial charge in [-0.3, -0.25) is 9.89 Å². The first-order valence-corrected chi connectivity index (χ1v) is 8.19. The number of rotatable bonds is 5. The van der Waals surface area contributed by atoms with Gasteiger partial charge in [-0.05, 0) is 37.0 Å². The summed E-state index contributed by atoms with van der Waals surface area (Å²) in [5, 5.41) is 19.7. The van der Waals surface area contributed by atoms with E-state index in [1.165, 1.54) is 11.3 Å². The summed E-state index contributed by atoms with van der Waals surface area (Å²) in [6.45, 7) is 1.66. The normalized spacial score (nSPS) is 17.3. The monoisotopic (exact) mass is 321 g/mol. The summed E-state index contributed by atoms with van der Waals surface area (Å²) in [5.74, 6) is 0.0554. The Morgan fingerprint density at radius 1 is 1.45 bits per heavy atom. The van der Waals surface area contributed by atoms with E-state index in [1.54, 1.807) is 12.3 Å². The maximum Gasteiger partial charge on any atom is 0.261 e. The molecule has 1 amide bonds. The Morgan fingerprint density at radius 2 is 2.27 bits per heavy atom. The van der Waals surface area contributed by atoms with Gasteiger partial charge in [0.25, 0.3) is 5.91 Å². The van der Waals surface area contributed by atoms with Crippen molar-refractivity contribution in [3.63, 3.8) is 0 Å². The number of carbonyl (C=O) groups excluding carboxylic acids is 1. The van der Waals surface area contributed by atoms with Crippen molar-refractivity contribution in [1.82, 2.24) is 15.5 Å². The first-order valence-electron chi connectivity index (χ1n) is 7.37. The molecule has 0 spiro atoms. The van der Waals surface area contributed by atoms with Crippen LogP contribution in [0.4, 0.5) is 0 Å². The van der Waals surface area contributed by atoms with Crippen LogP contribution < -0.4 is 5.32 Å². The van der Waals surface area contributed by atoms with E-state index in [2.05, 4.69) is 15.5 Å². The Hall–Kier alpha value is -1.70. The Labute approximate surface area is 132 Å². The van der Waals surface area contributed by atoms with Crippen molar-refractivity contribution < 1.29 is 14.6 Å². The molecule has 0 bridgehead atoms. The van der Waals surface area contributed by atoms with Crippen LogP contribution >= 0.6 is 11.3 Å². The average Bonchev–Trinajstić information content (AvgIpc) is 3.23. The molecule has 0 saturated carbocycles. The second kappa shape index (κ2) is 7.04. The number of H-pyrrole nitrogens is 1. The maximum absolute atomic E-state index is 12.2. The summed E-state index contributed by atoms with van der Waals surface area (Å²) < 4.78 is 5.28. The molecular weight excluding hydrogens is 302 g/mol. The number of aliphatic hydroxyl groups excluding tert-OH is 1. The van der Waals surface area contributed by atoms with Crippen LogP contribution in [0.25, 0.3) is 10.6 Å². The second-order valence-electron chi connectivity index (χ2n) is 5.36. The standard InChI is InChI=1S/C15H19N3O3S/c19-12(10-4-7-21-8-5-10)9-16-15(20)14-2-1-13(22-14)11-3-6-17-18-11/h1-3,6,10,12,19H,4-5,7-9H2,(H,16,20)(H,17,18)/t12-/m0/s1. The van der Waals surface area contributed by atoms with Gasteiger partial charge in [0, 0.05) is 26.0 Å². The fraction of sp³-hybridized carbons (Fsp3) is 0.467. The summed E-state index contributed by atoms with van der Waals surface area (Å²) in [6, 6.07) is 5.54. The molecule has 1 saturated heterocycles. The lowest BCUT2D eigenvalue weighted by Gasteiger charge is -2.26. The van der Waals surface area contributed by atoms with Crippen molar-refractivity contribution in [1.29, 1.82) is 0 Å². The van der Waals surface area contributed by atoms with E-state index in [-0.39, 0.29) is 18.4 Å². The smallest absolute Gasteiger partial charge is 0.261 e. The van der Waals surface area contributed by atoms with Gasteiger partial charge in [0.15, 0.2) is 0 Å². The van der Waals surface area contributed by atoms with Gasteiger partial charge in [-0.15, -0.1) is 11.3 Å². The molecular formula is C15H19N3O3S. The van der Waals surface area contributed by atoms with Crippen molar-refractivity contribution in [3.05, 3.63) is 29.3 Å². The van der Waals surface area contributed by atoms with E-state index in [1.807, 2.05) is 12.1 Å². The van der Waals surface area contributed by atoms with Gasteiger partial charge in [0.05, 0.1) is 21.6 Å². The Kier molecular flexibility index (Phi) is 4.87. The highest BCUT2D eigenvalue weighted by Crippen LogP contribution is 2.26. The van der Waals surface area contributed by atoms with Gasteiger partial charge in [-0.25, -0.2) is 0 Å². The number of nitrogens with zero attached hydrogens (tertiary/aromatic N) is 1. The zero-order valence-electron chi connectivity index (χ0n) is 12.1. The molecule has 0 unspecified atom stereocenters. The van der Waals surface area contributed by atoms with Gasteiger partial charge in [0.2, 0.25) is 0 Å². The summed E-state index contributed by atoms with van der Waals surface area (Å²) >= 11 is 1.40. The number of aromatic nitrogens is 2. The Balaban J connectivity index is 1.53. The summed E-state index contributed by atoms with van der Waals surface area (Å²) in [5.41, 5.74) is 0.895. The molecule has 1 aliphatic rings. The minimum Gasteiger partial charge on any atom is -0.391 e. The van der Waals surface area contributed by atoms with E-state index in [0.29, 0.717) is 18.1 Å². The van der Waals surface area contributed by atoms with Gasteiger partial charge in [-0.1, -0.05) is 0 Å². The molecule has 0 aliphatic carbocycles. The van der Waals surface area contributed by atoms with Gasteiger partial charge < -0.3 is 15.2 Å². The van der Waals surface area contributed by atoms with Crippen LogP contribution in [-0.4, -0.2) is 47.1 Å². The van der Waals surface area contributed by atoms with Gasteiger partial charge >= 0.3 is 0 Å². The quantitative estimate of drug-likeness (QED) is 0.781. The molecule has 3 rings (SSSR count). The molecule has 3 heterocycles. The lowest BCUT2D eigenvalue weighted by Crippen LogP contribution is -2.38. The predicted molar refractivity (Wildman–Crippen MR) is 83.8 cm³/mol. The highest BCUT2D eigenvalue weighted by molar-refractivity contribution is 7.17. The number of hydrogen-bond donors (Lipinski definition) is 3. The van der Waals surface area contributed by atoms with Crippen LogP contribution in [0, 0.1) is 5.92 Å². The molecule has 22 heavy (non-hydrogen) atoms. The van der Waals surface area contributed by atoms with E-state index in [4.69, 9.17) is 4.74 Å². The maximum atomic E-state index is 12.2. The van der Waals surface area contributed by atoms with Gasteiger partial charge in [0.1, 0.15) is 0 Å². The molecule has 6 nitrogen and oxygen atoms in total. The summed E-state index contributed by atoms with van der Waals surface area (Å²) in [4.78, 5) is 13.7. The summed E-state index contributed by atoms with van der Waals surface area (Å²) in [6.07, 6.45) is 2.86. The minimum atomic E-state index is -0.514. The number of hydrogen-bond acceptors (Lipinski definition) is 5. The third-order valence-corrected chi connectivity index (χ3v) is 5.00. The van der Waals surface area contributed by atoms with E-state index >= 15 is 0 Å². The number of amides is 1. The fourth-order valence-electron chi connectivity index (χ4n) is 2.55. The number of nitrogens with one attached hydrogen (secondary N) is 2. The number of thiophene rings is 1. The van der Waals surface area contributed by atoms with Gasteiger partial charge in [-0.2, -0.15) is 5.10 Å². The molecule has 0 radical (unpaired) electrons. The SMILES string of the molecule is O=C(NC[C@H](O)C1CCOCC1)c1ccc(-c2ccn[nH]2)s1. The summed E-state index contributed by atoms with van der Waals surface area (Å²) in [7, 11) is 0. The van der Waals surface area contributed by atoms with Crippen LogP contribution in [0.15, 0.2) is 24.4 Å². The third kappa shape index (κ3) is 3.55. The number of aliphatic hydroxyl groups is 1. The highest BCUT2D eigenvalue weighted by Gasteiger charge is 2.22. The Morgan fingerprint density at radius 3 is 3.00 bits per heavy atom. The molecule has 1 atom stereocenters. The fourth-order valence-corrected chi connectivity index (χ4v) is 3.45. The van der Waals surface area contributed by atoms with Crippen LogP contribution in [0.5, 0.6) is 0 Å². The molecule has 3 N–H and O–H groups in total. The van der Waals surface area contributed by atoms with Crippen molar-refractivity contribution >= 4 is 17.2 Å². The highest BCUT2D eigenvalue weighted by atomic mass is 32.1. The zero-order chi connectivity index (χ0) is 15.4. The lowest BCUT2D eigenvalue weighted by atomic mass is 9.94. The van der Waals surface area contributed by atoms with Crippen molar-refractivity contribution in [2.45, 2.75) is 18.9 Å². The minimum absolute atomic E-state index is 0.151. The largest absolute Gasteiger partial charge is 0.391 e. The molecule has 2 aromatic heterocycles. The molecule has 1 aliphatic heterocycles.